The highest BCUT2D eigenvalue weighted by atomic mass is 35.5. The molecular formula is C24H27ClN2O. The number of aryl methyl sites for hydroxylation is 2. The summed E-state index contributed by atoms with van der Waals surface area (Å²) in [6, 6.07) is 22.5. The Morgan fingerprint density at radius 1 is 0.821 bits per heavy atom. The Morgan fingerprint density at radius 2 is 1.43 bits per heavy atom. The molecule has 0 amide bonds. The first-order chi connectivity index (χ1) is 13.5. The van der Waals surface area contributed by atoms with Gasteiger partial charge in [0.1, 0.15) is 0 Å². The summed E-state index contributed by atoms with van der Waals surface area (Å²) in [6.45, 7) is 4.91. The largest absolute Gasteiger partial charge is 0.394 e. The minimum Gasteiger partial charge on any atom is -0.394 e. The van der Waals surface area contributed by atoms with Gasteiger partial charge in [-0.1, -0.05) is 71.3 Å². The summed E-state index contributed by atoms with van der Waals surface area (Å²) in [5, 5.41) is 17.5. The van der Waals surface area contributed by atoms with Crippen molar-refractivity contribution in [3.05, 3.63) is 94.0 Å². The van der Waals surface area contributed by atoms with Gasteiger partial charge in [-0.25, -0.2) is 0 Å². The number of benzene rings is 3. The highest BCUT2D eigenvalue weighted by molar-refractivity contribution is 6.31. The second-order valence-corrected chi connectivity index (χ2v) is 7.68. The van der Waals surface area contributed by atoms with Crippen LogP contribution >= 0.6 is 11.6 Å². The minimum absolute atomic E-state index is 0.0495. The van der Waals surface area contributed by atoms with Crippen LogP contribution in [0.15, 0.2) is 66.7 Å². The molecule has 0 aliphatic rings. The van der Waals surface area contributed by atoms with Crippen LogP contribution in [0.4, 0.5) is 11.4 Å². The third-order valence-electron chi connectivity index (χ3n) is 4.77. The summed E-state index contributed by atoms with van der Waals surface area (Å²) in [6.07, 6.45) is 0.747. The van der Waals surface area contributed by atoms with Crippen molar-refractivity contribution in [2.24, 2.45) is 0 Å². The Kier molecular flexibility index (Phi) is 6.96. The van der Waals surface area contributed by atoms with Crippen molar-refractivity contribution in [2.75, 3.05) is 17.2 Å². The topological polar surface area (TPSA) is 44.3 Å². The number of aliphatic hydroxyl groups excluding tert-OH is 1. The van der Waals surface area contributed by atoms with Gasteiger partial charge < -0.3 is 15.7 Å². The lowest BCUT2D eigenvalue weighted by atomic mass is 10.0. The van der Waals surface area contributed by atoms with Crippen molar-refractivity contribution in [2.45, 2.75) is 32.9 Å². The first kappa shape index (κ1) is 20.2. The molecule has 3 aromatic rings. The van der Waals surface area contributed by atoms with E-state index < -0.39 is 0 Å². The van der Waals surface area contributed by atoms with E-state index in [1.807, 2.05) is 18.2 Å². The summed E-state index contributed by atoms with van der Waals surface area (Å²) in [5.41, 5.74) is 6.74. The molecule has 0 spiro atoms. The van der Waals surface area contributed by atoms with Gasteiger partial charge >= 0.3 is 0 Å². The molecule has 3 nitrogen and oxygen atoms in total. The molecule has 0 fully saturated rings. The lowest BCUT2D eigenvalue weighted by Gasteiger charge is -2.21. The summed E-state index contributed by atoms with van der Waals surface area (Å²) in [4.78, 5) is 0. The maximum atomic E-state index is 9.87. The van der Waals surface area contributed by atoms with Crippen molar-refractivity contribution in [3.63, 3.8) is 0 Å². The van der Waals surface area contributed by atoms with Gasteiger partial charge in [-0.3, -0.25) is 0 Å². The maximum absolute atomic E-state index is 9.87. The van der Waals surface area contributed by atoms with E-state index in [0.717, 1.165) is 17.8 Å². The van der Waals surface area contributed by atoms with Crippen LogP contribution in [0.2, 0.25) is 5.02 Å². The first-order valence-electron chi connectivity index (χ1n) is 9.55. The summed E-state index contributed by atoms with van der Waals surface area (Å²) in [5.74, 6) is 0. The van der Waals surface area contributed by atoms with E-state index in [1.54, 1.807) is 0 Å². The quantitative estimate of drug-likeness (QED) is 0.467. The van der Waals surface area contributed by atoms with Gasteiger partial charge in [0.2, 0.25) is 0 Å². The predicted octanol–water partition coefficient (Wildman–Crippen LogP) is 5.58. The normalized spacial score (nSPS) is 11.9. The second kappa shape index (κ2) is 9.63. The molecule has 0 saturated heterocycles. The standard InChI is InChI=1S/C24H27ClN2O/c1-17-3-7-19(8-4-17)13-22(16-28)27-23-12-11-21(25)14-24(23)26-15-20-9-5-18(2)6-10-20/h3-12,14,22,26-28H,13,15-16H2,1-2H3. The zero-order chi connectivity index (χ0) is 19.9. The molecule has 146 valence electrons. The molecule has 3 N–H and O–H groups in total. The summed E-state index contributed by atoms with van der Waals surface area (Å²) < 4.78 is 0. The van der Waals surface area contributed by atoms with Gasteiger partial charge in [0.05, 0.1) is 24.0 Å². The van der Waals surface area contributed by atoms with E-state index in [1.165, 1.54) is 22.3 Å². The number of rotatable bonds is 8. The molecule has 0 aliphatic carbocycles. The Labute approximate surface area is 172 Å². The van der Waals surface area contributed by atoms with Gasteiger partial charge in [0, 0.05) is 11.6 Å². The van der Waals surface area contributed by atoms with Crippen molar-refractivity contribution in [3.8, 4) is 0 Å². The average Bonchev–Trinajstić information content (AvgIpc) is 2.70. The number of hydrogen-bond donors (Lipinski definition) is 3. The van der Waals surface area contributed by atoms with E-state index in [0.29, 0.717) is 11.6 Å². The Morgan fingerprint density at radius 3 is 2.04 bits per heavy atom. The second-order valence-electron chi connectivity index (χ2n) is 7.24. The summed E-state index contributed by atoms with van der Waals surface area (Å²) >= 11 is 6.22. The number of aliphatic hydroxyl groups is 1. The molecule has 3 aromatic carbocycles. The molecule has 0 radical (unpaired) electrons. The number of anilines is 2. The van der Waals surface area contributed by atoms with Crippen LogP contribution in [0, 0.1) is 13.8 Å². The predicted molar refractivity (Wildman–Crippen MR) is 119 cm³/mol. The van der Waals surface area contributed by atoms with Crippen LogP contribution in [0.1, 0.15) is 22.3 Å². The maximum Gasteiger partial charge on any atom is 0.0636 e. The highest BCUT2D eigenvalue weighted by Gasteiger charge is 2.12. The van der Waals surface area contributed by atoms with E-state index >= 15 is 0 Å². The van der Waals surface area contributed by atoms with Gasteiger partial charge in [0.15, 0.2) is 0 Å². The van der Waals surface area contributed by atoms with Crippen molar-refractivity contribution in [1.29, 1.82) is 0 Å². The fraction of sp³-hybridized carbons (Fsp3) is 0.250. The molecule has 0 bridgehead atoms. The number of halogens is 1. The lowest BCUT2D eigenvalue weighted by Crippen LogP contribution is -2.26. The number of nitrogens with one attached hydrogen (secondary N) is 2. The van der Waals surface area contributed by atoms with E-state index in [9.17, 15) is 5.11 Å². The Bertz CT molecular complexity index is 891. The van der Waals surface area contributed by atoms with Crippen molar-refractivity contribution in [1.82, 2.24) is 0 Å². The first-order valence-corrected chi connectivity index (χ1v) is 9.93. The summed E-state index contributed by atoms with van der Waals surface area (Å²) in [7, 11) is 0. The van der Waals surface area contributed by atoms with Crippen LogP contribution in [-0.2, 0) is 13.0 Å². The van der Waals surface area contributed by atoms with Crippen LogP contribution in [0.25, 0.3) is 0 Å². The van der Waals surface area contributed by atoms with Crippen LogP contribution in [0.5, 0.6) is 0 Å². The molecule has 1 unspecified atom stereocenters. The van der Waals surface area contributed by atoms with Gasteiger partial charge in [-0.05, 0) is 49.6 Å². The smallest absolute Gasteiger partial charge is 0.0636 e. The fourth-order valence-corrected chi connectivity index (χ4v) is 3.25. The monoisotopic (exact) mass is 394 g/mol. The molecular weight excluding hydrogens is 368 g/mol. The van der Waals surface area contributed by atoms with Crippen LogP contribution in [0.3, 0.4) is 0 Å². The number of hydrogen-bond acceptors (Lipinski definition) is 3. The molecule has 0 heterocycles. The molecule has 0 saturated carbocycles. The third-order valence-corrected chi connectivity index (χ3v) is 5.00. The minimum atomic E-state index is -0.0798. The zero-order valence-electron chi connectivity index (χ0n) is 16.4. The van der Waals surface area contributed by atoms with Crippen LogP contribution in [-0.4, -0.2) is 17.8 Å². The van der Waals surface area contributed by atoms with Gasteiger partial charge in [-0.15, -0.1) is 0 Å². The molecule has 3 rings (SSSR count). The van der Waals surface area contributed by atoms with E-state index in [-0.39, 0.29) is 12.6 Å². The van der Waals surface area contributed by atoms with Crippen LogP contribution < -0.4 is 10.6 Å². The SMILES string of the molecule is Cc1ccc(CNc2cc(Cl)ccc2NC(CO)Cc2ccc(C)cc2)cc1. The van der Waals surface area contributed by atoms with Gasteiger partial charge in [-0.2, -0.15) is 0 Å². The Hall–Kier alpha value is -2.49. The van der Waals surface area contributed by atoms with Crippen molar-refractivity contribution < 1.29 is 5.11 Å². The molecule has 28 heavy (non-hydrogen) atoms. The third kappa shape index (κ3) is 5.75. The fourth-order valence-electron chi connectivity index (χ4n) is 3.08. The Balaban J connectivity index is 1.71. The molecule has 0 aliphatic heterocycles. The lowest BCUT2D eigenvalue weighted by molar-refractivity contribution is 0.274. The molecule has 1 atom stereocenters. The molecule has 0 aromatic heterocycles. The van der Waals surface area contributed by atoms with Crippen molar-refractivity contribution >= 4 is 23.0 Å². The highest BCUT2D eigenvalue weighted by Crippen LogP contribution is 2.27. The average molecular weight is 395 g/mol. The zero-order valence-corrected chi connectivity index (χ0v) is 17.1. The van der Waals surface area contributed by atoms with E-state index in [2.05, 4.69) is 73.0 Å². The van der Waals surface area contributed by atoms with Gasteiger partial charge in [0.25, 0.3) is 0 Å². The molecule has 4 heteroatoms. The van der Waals surface area contributed by atoms with E-state index in [4.69, 9.17) is 11.6 Å².